The molecule has 1 unspecified atom stereocenters. The molecule has 130 valence electrons. The Morgan fingerprint density at radius 3 is 2.84 bits per heavy atom. The Hall–Kier alpha value is -2.17. The Kier molecular flexibility index (Phi) is 4.81. The van der Waals surface area contributed by atoms with Gasteiger partial charge < -0.3 is 10.6 Å². The highest BCUT2D eigenvalue weighted by Gasteiger charge is 2.22. The van der Waals surface area contributed by atoms with Crippen molar-refractivity contribution in [2.24, 2.45) is 0 Å². The molecule has 2 N–H and O–H groups in total. The van der Waals surface area contributed by atoms with E-state index in [9.17, 15) is 4.79 Å². The summed E-state index contributed by atoms with van der Waals surface area (Å²) < 4.78 is 0. The quantitative estimate of drug-likeness (QED) is 0.903. The predicted molar refractivity (Wildman–Crippen MR) is 99.2 cm³/mol. The van der Waals surface area contributed by atoms with E-state index in [1.807, 2.05) is 12.1 Å². The van der Waals surface area contributed by atoms with Crippen molar-refractivity contribution < 1.29 is 4.79 Å². The van der Waals surface area contributed by atoms with Gasteiger partial charge in [-0.25, -0.2) is 0 Å². The summed E-state index contributed by atoms with van der Waals surface area (Å²) in [4.78, 5) is 15.1. The van der Waals surface area contributed by atoms with Crippen LogP contribution in [0.2, 0.25) is 0 Å². The second kappa shape index (κ2) is 7.38. The summed E-state index contributed by atoms with van der Waals surface area (Å²) in [5, 5.41) is 6.57. The van der Waals surface area contributed by atoms with Crippen molar-refractivity contribution in [1.82, 2.24) is 15.5 Å². The first kappa shape index (κ1) is 16.3. The second-order valence-electron chi connectivity index (χ2n) is 7.12. The van der Waals surface area contributed by atoms with Crippen molar-refractivity contribution in [3.63, 3.8) is 0 Å². The number of benzene rings is 2. The Bertz CT molecular complexity index is 744. The average molecular weight is 335 g/mol. The van der Waals surface area contributed by atoms with Gasteiger partial charge in [-0.1, -0.05) is 36.4 Å². The summed E-state index contributed by atoms with van der Waals surface area (Å²) in [6.45, 7) is 4.76. The van der Waals surface area contributed by atoms with E-state index in [1.165, 1.54) is 16.7 Å². The van der Waals surface area contributed by atoms with Gasteiger partial charge in [0.1, 0.15) is 0 Å². The van der Waals surface area contributed by atoms with Gasteiger partial charge in [0.25, 0.3) is 5.91 Å². The van der Waals surface area contributed by atoms with E-state index in [2.05, 4.69) is 51.9 Å². The number of hydrogen-bond acceptors (Lipinski definition) is 3. The van der Waals surface area contributed by atoms with Gasteiger partial charge in [0.15, 0.2) is 0 Å². The molecule has 0 bridgehead atoms. The van der Waals surface area contributed by atoms with E-state index in [0.29, 0.717) is 0 Å². The average Bonchev–Trinajstić information content (AvgIpc) is 3.10. The first-order chi connectivity index (χ1) is 12.3. The van der Waals surface area contributed by atoms with Crippen molar-refractivity contribution >= 4 is 5.91 Å². The van der Waals surface area contributed by atoms with E-state index in [-0.39, 0.29) is 11.9 Å². The van der Waals surface area contributed by atoms with Crippen LogP contribution in [-0.4, -0.2) is 29.9 Å². The maximum absolute atomic E-state index is 12.6. The van der Waals surface area contributed by atoms with Gasteiger partial charge >= 0.3 is 0 Å². The van der Waals surface area contributed by atoms with Gasteiger partial charge in [0.05, 0.1) is 0 Å². The van der Waals surface area contributed by atoms with Crippen LogP contribution in [0.1, 0.15) is 39.9 Å². The number of nitrogens with one attached hydrogen (secondary N) is 2. The van der Waals surface area contributed by atoms with Crippen LogP contribution in [0.5, 0.6) is 0 Å². The highest BCUT2D eigenvalue weighted by molar-refractivity contribution is 5.94. The fourth-order valence-corrected chi connectivity index (χ4v) is 3.86. The summed E-state index contributed by atoms with van der Waals surface area (Å²) in [6.07, 6.45) is 2.19. The molecular weight excluding hydrogens is 310 g/mol. The maximum Gasteiger partial charge on any atom is 0.251 e. The van der Waals surface area contributed by atoms with Crippen LogP contribution in [0.4, 0.5) is 0 Å². The third-order valence-corrected chi connectivity index (χ3v) is 5.19. The summed E-state index contributed by atoms with van der Waals surface area (Å²) in [7, 11) is 0. The van der Waals surface area contributed by atoms with Crippen molar-refractivity contribution in [1.29, 1.82) is 0 Å². The molecule has 2 heterocycles. The minimum absolute atomic E-state index is 0.0567. The third kappa shape index (κ3) is 3.91. The molecule has 2 aliphatic rings. The van der Waals surface area contributed by atoms with Crippen molar-refractivity contribution in [3.8, 4) is 0 Å². The van der Waals surface area contributed by atoms with Crippen LogP contribution in [0.3, 0.4) is 0 Å². The number of likely N-dealkylation sites (tertiary alicyclic amines) is 1. The molecule has 1 fully saturated rings. The molecule has 2 aliphatic heterocycles. The van der Waals surface area contributed by atoms with Crippen molar-refractivity contribution in [3.05, 3.63) is 70.8 Å². The molecule has 1 amide bonds. The Morgan fingerprint density at radius 2 is 1.96 bits per heavy atom. The van der Waals surface area contributed by atoms with Crippen molar-refractivity contribution in [2.45, 2.75) is 38.5 Å². The van der Waals surface area contributed by atoms with E-state index in [0.717, 1.165) is 51.1 Å². The van der Waals surface area contributed by atoms with Gasteiger partial charge in [-0.15, -0.1) is 0 Å². The summed E-state index contributed by atoms with van der Waals surface area (Å²) >= 11 is 0. The summed E-state index contributed by atoms with van der Waals surface area (Å²) in [6, 6.07) is 16.9. The van der Waals surface area contributed by atoms with Gasteiger partial charge in [0, 0.05) is 37.8 Å². The van der Waals surface area contributed by atoms with Crippen LogP contribution < -0.4 is 10.6 Å². The predicted octanol–water partition coefficient (Wildman–Crippen LogP) is 2.68. The molecule has 1 saturated heterocycles. The third-order valence-electron chi connectivity index (χ3n) is 5.19. The van der Waals surface area contributed by atoms with Crippen LogP contribution in [-0.2, 0) is 19.6 Å². The normalized spacial score (nSPS) is 20.2. The topological polar surface area (TPSA) is 44.4 Å². The molecule has 0 spiro atoms. The highest BCUT2D eigenvalue weighted by atomic mass is 16.1. The van der Waals surface area contributed by atoms with E-state index >= 15 is 0 Å². The number of piperidine rings is 1. The molecule has 2 aromatic carbocycles. The molecule has 4 rings (SSSR count). The van der Waals surface area contributed by atoms with E-state index in [1.54, 1.807) is 0 Å². The number of nitrogens with zero attached hydrogens (tertiary/aromatic N) is 1. The smallest absolute Gasteiger partial charge is 0.251 e. The number of rotatable bonds is 4. The van der Waals surface area contributed by atoms with Gasteiger partial charge in [0.2, 0.25) is 0 Å². The minimum atomic E-state index is 0.0567. The largest absolute Gasteiger partial charge is 0.348 e. The lowest BCUT2D eigenvalue weighted by Crippen LogP contribution is -2.47. The molecule has 1 atom stereocenters. The SMILES string of the molecule is O=C(NC1CCCN(Cc2ccccc2)C1)c1ccc2c(c1)CNC2. The Balaban J connectivity index is 1.36. The van der Waals surface area contributed by atoms with Crippen LogP contribution in [0.25, 0.3) is 0 Å². The molecule has 4 heteroatoms. The van der Waals surface area contributed by atoms with Crippen LogP contribution >= 0.6 is 0 Å². The summed E-state index contributed by atoms with van der Waals surface area (Å²) in [5.41, 5.74) is 4.67. The molecule has 4 nitrogen and oxygen atoms in total. The standard InChI is InChI=1S/C21H25N3O/c25-21(17-8-9-18-12-22-13-19(18)11-17)23-20-7-4-10-24(15-20)14-16-5-2-1-3-6-16/h1-3,5-6,8-9,11,20,22H,4,7,10,12-15H2,(H,23,25). The van der Waals surface area contributed by atoms with Gasteiger partial charge in [-0.3, -0.25) is 9.69 Å². The van der Waals surface area contributed by atoms with Crippen LogP contribution in [0, 0.1) is 0 Å². The fourth-order valence-electron chi connectivity index (χ4n) is 3.86. The Labute approximate surface area is 149 Å². The summed E-state index contributed by atoms with van der Waals surface area (Å²) in [5.74, 6) is 0.0567. The Morgan fingerprint density at radius 1 is 1.12 bits per heavy atom. The molecule has 2 aromatic rings. The zero-order chi connectivity index (χ0) is 17.1. The second-order valence-corrected chi connectivity index (χ2v) is 7.12. The van der Waals surface area contributed by atoms with E-state index in [4.69, 9.17) is 0 Å². The van der Waals surface area contributed by atoms with E-state index < -0.39 is 0 Å². The van der Waals surface area contributed by atoms with Crippen LogP contribution in [0.15, 0.2) is 48.5 Å². The number of carbonyl (C=O) groups excluding carboxylic acids is 1. The highest BCUT2D eigenvalue weighted by Crippen LogP contribution is 2.18. The first-order valence-electron chi connectivity index (χ1n) is 9.17. The lowest BCUT2D eigenvalue weighted by molar-refractivity contribution is 0.0900. The molecule has 25 heavy (non-hydrogen) atoms. The monoisotopic (exact) mass is 335 g/mol. The molecular formula is C21H25N3O. The molecule has 0 radical (unpaired) electrons. The minimum Gasteiger partial charge on any atom is -0.348 e. The lowest BCUT2D eigenvalue weighted by Gasteiger charge is -2.33. The molecule has 0 saturated carbocycles. The number of fused-ring (bicyclic) bond motifs is 1. The number of hydrogen-bond donors (Lipinski definition) is 2. The fraction of sp³-hybridized carbons (Fsp3) is 0.381. The zero-order valence-electron chi connectivity index (χ0n) is 14.5. The van der Waals surface area contributed by atoms with Gasteiger partial charge in [-0.05, 0) is 48.2 Å². The van der Waals surface area contributed by atoms with Gasteiger partial charge in [-0.2, -0.15) is 0 Å². The lowest BCUT2D eigenvalue weighted by atomic mass is 10.0. The zero-order valence-corrected chi connectivity index (χ0v) is 14.5. The van der Waals surface area contributed by atoms with Crippen molar-refractivity contribution in [2.75, 3.05) is 13.1 Å². The number of amides is 1. The molecule has 0 aliphatic carbocycles. The maximum atomic E-state index is 12.6. The number of carbonyl (C=O) groups is 1. The molecule has 0 aromatic heterocycles. The first-order valence-corrected chi connectivity index (χ1v) is 9.17.